The normalized spacial score (nSPS) is 16.2. The number of aliphatic hydroxyl groups is 1. The molecule has 0 aliphatic carbocycles. The minimum Gasteiger partial charge on any atom is -0.506 e. The molecule has 1 atom stereocenters. The number of H-pyrrole nitrogens is 1. The SMILES string of the molecule is O=c1[nH]c2c(O)ccc([C@@H](O)CNCCc3cccc(CN4CCCCC4)c3)c2s1. The zero-order valence-electron chi connectivity index (χ0n) is 17.1. The van der Waals surface area contributed by atoms with Gasteiger partial charge in [-0.2, -0.15) is 0 Å². The number of rotatable bonds is 8. The molecule has 1 saturated heterocycles. The third kappa shape index (κ3) is 5.10. The summed E-state index contributed by atoms with van der Waals surface area (Å²) in [6.07, 6.45) is 4.11. The average Bonchev–Trinajstić information content (AvgIpc) is 3.15. The lowest BCUT2D eigenvalue weighted by molar-refractivity contribution is 0.176. The number of nitrogens with one attached hydrogen (secondary N) is 2. The summed E-state index contributed by atoms with van der Waals surface area (Å²) < 4.78 is 0.611. The van der Waals surface area contributed by atoms with Crippen LogP contribution in [0, 0.1) is 0 Å². The van der Waals surface area contributed by atoms with Crippen LogP contribution in [0.3, 0.4) is 0 Å². The van der Waals surface area contributed by atoms with Gasteiger partial charge in [0.25, 0.3) is 0 Å². The van der Waals surface area contributed by atoms with Crippen molar-refractivity contribution >= 4 is 21.6 Å². The number of likely N-dealkylation sites (tertiary alicyclic amines) is 1. The van der Waals surface area contributed by atoms with Gasteiger partial charge in [0.15, 0.2) is 0 Å². The molecule has 160 valence electrons. The highest BCUT2D eigenvalue weighted by Gasteiger charge is 2.16. The Morgan fingerprint density at radius 1 is 1.13 bits per heavy atom. The van der Waals surface area contributed by atoms with E-state index in [0.717, 1.165) is 30.8 Å². The van der Waals surface area contributed by atoms with Crippen molar-refractivity contribution in [2.75, 3.05) is 26.2 Å². The average molecular weight is 428 g/mol. The summed E-state index contributed by atoms with van der Waals surface area (Å²) in [6.45, 7) is 4.57. The van der Waals surface area contributed by atoms with Crippen LogP contribution in [0.15, 0.2) is 41.2 Å². The smallest absolute Gasteiger partial charge is 0.305 e. The van der Waals surface area contributed by atoms with Crippen molar-refractivity contribution in [2.24, 2.45) is 0 Å². The van der Waals surface area contributed by atoms with Gasteiger partial charge < -0.3 is 20.5 Å². The Hall–Kier alpha value is -2.19. The summed E-state index contributed by atoms with van der Waals surface area (Å²) >= 11 is 1.01. The van der Waals surface area contributed by atoms with Crippen LogP contribution < -0.4 is 10.2 Å². The minimum atomic E-state index is -0.745. The van der Waals surface area contributed by atoms with Crippen LogP contribution in [0.25, 0.3) is 10.2 Å². The van der Waals surface area contributed by atoms with Crippen molar-refractivity contribution in [3.05, 3.63) is 62.8 Å². The Morgan fingerprint density at radius 3 is 2.77 bits per heavy atom. The molecule has 1 aromatic heterocycles. The molecule has 30 heavy (non-hydrogen) atoms. The summed E-state index contributed by atoms with van der Waals surface area (Å²) in [4.78, 5) is 16.6. The van der Waals surface area contributed by atoms with E-state index in [-0.39, 0.29) is 10.6 Å². The van der Waals surface area contributed by atoms with Gasteiger partial charge >= 0.3 is 4.87 Å². The number of benzene rings is 2. The second kappa shape index (κ2) is 9.75. The summed E-state index contributed by atoms with van der Waals surface area (Å²) in [7, 11) is 0. The predicted octanol–water partition coefficient (Wildman–Crippen LogP) is 3.15. The van der Waals surface area contributed by atoms with E-state index in [2.05, 4.69) is 39.5 Å². The fourth-order valence-corrected chi connectivity index (χ4v) is 5.06. The van der Waals surface area contributed by atoms with Crippen LogP contribution in [0.2, 0.25) is 0 Å². The van der Waals surface area contributed by atoms with Crippen LogP contribution in [0.1, 0.15) is 42.1 Å². The lowest BCUT2D eigenvalue weighted by Gasteiger charge is -2.26. The van der Waals surface area contributed by atoms with E-state index < -0.39 is 6.10 Å². The largest absolute Gasteiger partial charge is 0.506 e. The standard InChI is InChI=1S/C23H29N3O3S/c27-19-8-7-18(22-21(19)25-23(29)30-22)20(28)14-24-10-9-16-5-4-6-17(13-16)15-26-11-2-1-3-12-26/h4-8,13,20,24,27-28H,1-3,9-12,14-15H2,(H,25,29)/t20-/m0/s1. The Morgan fingerprint density at radius 2 is 1.93 bits per heavy atom. The van der Waals surface area contributed by atoms with Gasteiger partial charge in [0.1, 0.15) is 11.3 Å². The van der Waals surface area contributed by atoms with Crippen LogP contribution in [-0.4, -0.2) is 46.3 Å². The van der Waals surface area contributed by atoms with Crippen molar-refractivity contribution in [3.63, 3.8) is 0 Å². The van der Waals surface area contributed by atoms with Crippen LogP contribution in [0.4, 0.5) is 0 Å². The minimum absolute atomic E-state index is 0.0247. The number of aromatic hydroxyl groups is 1. The number of hydrogen-bond donors (Lipinski definition) is 4. The van der Waals surface area contributed by atoms with E-state index >= 15 is 0 Å². The summed E-state index contributed by atoms with van der Waals surface area (Å²) in [5, 5.41) is 23.8. The van der Waals surface area contributed by atoms with Gasteiger partial charge in [-0.15, -0.1) is 0 Å². The maximum Gasteiger partial charge on any atom is 0.305 e. The molecule has 4 N–H and O–H groups in total. The molecule has 2 aromatic carbocycles. The van der Waals surface area contributed by atoms with E-state index in [1.807, 2.05) is 0 Å². The molecule has 7 heteroatoms. The van der Waals surface area contributed by atoms with Gasteiger partial charge in [-0.3, -0.25) is 9.69 Å². The zero-order valence-corrected chi connectivity index (χ0v) is 17.9. The van der Waals surface area contributed by atoms with E-state index in [1.54, 1.807) is 6.07 Å². The van der Waals surface area contributed by atoms with Crippen molar-refractivity contribution in [2.45, 2.75) is 38.3 Å². The third-order valence-electron chi connectivity index (χ3n) is 5.72. The topological polar surface area (TPSA) is 88.6 Å². The van der Waals surface area contributed by atoms with Gasteiger partial charge in [-0.1, -0.05) is 48.1 Å². The van der Waals surface area contributed by atoms with Crippen molar-refractivity contribution < 1.29 is 10.2 Å². The number of fused-ring (bicyclic) bond motifs is 1. The van der Waals surface area contributed by atoms with Gasteiger partial charge in [-0.25, -0.2) is 0 Å². The number of phenols is 1. The quantitative estimate of drug-likeness (QED) is 0.415. The van der Waals surface area contributed by atoms with Gasteiger partial charge in [0, 0.05) is 18.7 Å². The number of aromatic amines is 1. The fourth-order valence-electron chi connectivity index (χ4n) is 4.14. The summed E-state index contributed by atoms with van der Waals surface area (Å²) in [6, 6.07) is 12.0. The first-order chi connectivity index (χ1) is 14.6. The van der Waals surface area contributed by atoms with Gasteiger partial charge in [-0.05, 0) is 56.1 Å². The van der Waals surface area contributed by atoms with E-state index in [0.29, 0.717) is 22.3 Å². The Balaban J connectivity index is 1.29. The summed E-state index contributed by atoms with van der Waals surface area (Å²) in [5.41, 5.74) is 3.71. The lowest BCUT2D eigenvalue weighted by Crippen LogP contribution is -2.29. The number of nitrogens with zero attached hydrogens (tertiary/aromatic N) is 1. The molecule has 0 amide bonds. The second-order valence-corrected chi connectivity index (χ2v) is 9.00. The first-order valence-corrected chi connectivity index (χ1v) is 11.5. The monoisotopic (exact) mass is 427 g/mol. The molecule has 0 spiro atoms. The fraction of sp³-hybridized carbons (Fsp3) is 0.435. The Bertz CT molecular complexity index is 1040. The molecule has 2 heterocycles. The maximum atomic E-state index is 11.6. The van der Waals surface area contributed by atoms with E-state index in [9.17, 15) is 15.0 Å². The van der Waals surface area contributed by atoms with Crippen LogP contribution >= 0.6 is 11.3 Å². The highest BCUT2D eigenvalue weighted by molar-refractivity contribution is 7.16. The molecule has 1 aliphatic rings. The number of aromatic nitrogens is 1. The molecule has 0 unspecified atom stereocenters. The number of aliphatic hydroxyl groups excluding tert-OH is 1. The molecule has 0 bridgehead atoms. The number of piperidine rings is 1. The number of phenolic OH excluding ortho intramolecular Hbond substituents is 1. The molecule has 0 radical (unpaired) electrons. The second-order valence-electron chi connectivity index (χ2n) is 8.02. The molecule has 4 rings (SSSR count). The first-order valence-electron chi connectivity index (χ1n) is 10.6. The number of hydrogen-bond acceptors (Lipinski definition) is 6. The van der Waals surface area contributed by atoms with Crippen molar-refractivity contribution in [1.29, 1.82) is 0 Å². The van der Waals surface area contributed by atoms with Crippen LogP contribution in [0.5, 0.6) is 5.75 Å². The predicted molar refractivity (Wildman–Crippen MR) is 121 cm³/mol. The van der Waals surface area contributed by atoms with Gasteiger partial charge in [0.05, 0.1) is 10.8 Å². The van der Waals surface area contributed by atoms with Crippen molar-refractivity contribution in [3.8, 4) is 5.75 Å². The molecule has 0 saturated carbocycles. The molecule has 6 nitrogen and oxygen atoms in total. The van der Waals surface area contributed by atoms with Crippen molar-refractivity contribution in [1.82, 2.24) is 15.2 Å². The van der Waals surface area contributed by atoms with E-state index in [1.165, 1.54) is 49.5 Å². The third-order valence-corrected chi connectivity index (χ3v) is 6.65. The summed E-state index contributed by atoms with van der Waals surface area (Å²) in [5.74, 6) is 0.0247. The zero-order chi connectivity index (χ0) is 20.9. The van der Waals surface area contributed by atoms with Crippen LogP contribution in [-0.2, 0) is 13.0 Å². The first kappa shape index (κ1) is 21.1. The number of thiazole rings is 1. The Kier molecular flexibility index (Phi) is 6.84. The molecular formula is C23H29N3O3S. The molecule has 1 aliphatic heterocycles. The highest BCUT2D eigenvalue weighted by atomic mass is 32.1. The Labute approximate surface area is 180 Å². The van der Waals surface area contributed by atoms with Gasteiger partial charge in [0.2, 0.25) is 0 Å². The highest BCUT2D eigenvalue weighted by Crippen LogP contribution is 2.31. The molecule has 1 fully saturated rings. The molecular weight excluding hydrogens is 398 g/mol. The lowest BCUT2D eigenvalue weighted by atomic mass is 10.1. The molecule has 3 aromatic rings. The van der Waals surface area contributed by atoms with E-state index in [4.69, 9.17) is 0 Å². The maximum absolute atomic E-state index is 11.6.